The molecule has 1 aliphatic rings. The summed E-state index contributed by atoms with van der Waals surface area (Å²) >= 11 is 0. The summed E-state index contributed by atoms with van der Waals surface area (Å²) in [6.45, 7) is 6.16. The fourth-order valence-corrected chi connectivity index (χ4v) is 2.82. The predicted molar refractivity (Wildman–Crippen MR) is 61.8 cm³/mol. The highest BCUT2D eigenvalue weighted by atomic mass is 16.4. The molecule has 1 saturated carbocycles. The molecule has 1 N–H and O–H groups in total. The quantitative estimate of drug-likeness (QED) is 0.771. The summed E-state index contributed by atoms with van der Waals surface area (Å²) in [5.41, 5.74) is -0.487. The van der Waals surface area contributed by atoms with Crippen molar-refractivity contribution in [2.75, 3.05) is 0 Å². The summed E-state index contributed by atoms with van der Waals surface area (Å²) < 4.78 is 0. The van der Waals surface area contributed by atoms with Crippen LogP contribution in [0.2, 0.25) is 0 Å². The average Bonchev–Trinajstić information content (AvgIpc) is 2.28. The van der Waals surface area contributed by atoms with Gasteiger partial charge in [-0.05, 0) is 38.0 Å². The third-order valence-electron chi connectivity index (χ3n) is 4.55. The normalized spacial score (nSPS) is 30.9. The van der Waals surface area contributed by atoms with Gasteiger partial charge >= 0.3 is 5.97 Å². The summed E-state index contributed by atoms with van der Waals surface area (Å²) in [6.07, 6.45) is 6.67. The second-order valence-corrected chi connectivity index (χ2v) is 5.20. The molecule has 88 valence electrons. The fraction of sp³-hybridized carbons (Fsp3) is 0.923. The number of hydrogen-bond donors (Lipinski definition) is 1. The second-order valence-electron chi connectivity index (χ2n) is 5.20. The van der Waals surface area contributed by atoms with Gasteiger partial charge in [-0.25, -0.2) is 0 Å². The predicted octanol–water partition coefficient (Wildman–Crippen LogP) is 3.70. The number of carboxylic acid groups (broad SMARTS) is 1. The van der Waals surface area contributed by atoms with Crippen molar-refractivity contribution >= 4 is 5.97 Å². The molecule has 0 aromatic carbocycles. The molecule has 1 aliphatic carbocycles. The van der Waals surface area contributed by atoms with Crippen LogP contribution in [0, 0.1) is 17.3 Å². The van der Waals surface area contributed by atoms with Gasteiger partial charge in [0.15, 0.2) is 0 Å². The largest absolute Gasteiger partial charge is 0.481 e. The molecule has 2 nitrogen and oxygen atoms in total. The molecule has 0 spiro atoms. The number of rotatable bonds is 4. The molecular formula is C13H24O2. The smallest absolute Gasteiger partial charge is 0.309 e. The summed E-state index contributed by atoms with van der Waals surface area (Å²) in [7, 11) is 0. The van der Waals surface area contributed by atoms with Gasteiger partial charge in [-0.2, -0.15) is 0 Å². The van der Waals surface area contributed by atoms with Gasteiger partial charge in [-0.15, -0.1) is 0 Å². The lowest BCUT2D eigenvalue weighted by Crippen LogP contribution is -2.37. The van der Waals surface area contributed by atoms with Crippen LogP contribution in [0.5, 0.6) is 0 Å². The minimum atomic E-state index is -0.607. The van der Waals surface area contributed by atoms with Crippen molar-refractivity contribution in [3.63, 3.8) is 0 Å². The van der Waals surface area contributed by atoms with E-state index in [0.717, 1.165) is 25.2 Å². The number of carbonyl (C=O) groups is 1. The molecule has 1 unspecified atom stereocenters. The first-order valence-corrected chi connectivity index (χ1v) is 6.28. The highest BCUT2D eigenvalue weighted by Crippen LogP contribution is 2.43. The molecule has 1 rings (SSSR count). The Labute approximate surface area is 93.1 Å². The van der Waals surface area contributed by atoms with Crippen molar-refractivity contribution in [1.82, 2.24) is 0 Å². The van der Waals surface area contributed by atoms with Crippen LogP contribution in [0.1, 0.15) is 59.3 Å². The van der Waals surface area contributed by atoms with E-state index >= 15 is 0 Å². The van der Waals surface area contributed by atoms with Crippen LogP contribution >= 0.6 is 0 Å². The molecule has 0 aromatic rings. The molecule has 0 heterocycles. The Morgan fingerprint density at radius 1 is 1.27 bits per heavy atom. The van der Waals surface area contributed by atoms with E-state index in [1.165, 1.54) is 19.3 Å². The van der Waals surface area contributed by atoms with Gasteiger partial charge in [0.1, 0.15) is 0 Å². The van der Waals surface area contributed by atoms with Crippen molar-refractivity contribution in [1.29, 1.82) is 0 Å². The van der Waals surface area contributed by atoms with E-state index in [1.54, 1.807) is 0 Å². The Hall–Kier alpha value is -0.530. The van der Waals surface area contributed by atoms with E-state index in [-0.39, 0.29) is 0 Å². The van der Waals surface area contributed by atoms with E-state index in [9.17, 15) is 9.90 Å². The van der Waals surface area contributed by atoms with Crippen molar-refractivity contribution in [2.45, 2.75) is 59.3 Å². The van der Waals surface area contributed by atoms with Crippen LogP contribution in [0.15, 0.2) is 0 Å². The molecule has 0 amide bonds. The Balaban J connectivity index is 2.61. The van der Waals surface area contributed by atoms with Crippen LogP contribution in [0.3, 0.4) is 0 Å². The Kier molecular flexibility index (Phi) is 4.18. The maximum Gasteiger partial charge on any atom is 0.309 e. The number of hydrogen-bond acceptors (Lipinski definition) is 1. The van der Waals surface area contributed by atoms with Crippen molar-refractivity contribution in [2.24, 2.45) is 17.3 Å². The maximum absolute atomic E-state index is 11.3. The van der Waals surface area contributed by atoms with Crippen molar-refractivity contribution in [3.8, 4) is 0 Å². The fourth-order valence-electron chi connectivity index (χ4n) is 2.82. The SMILES string of the molecule is CCC1CCC(C(C)(CC)C(=O)O)CC1. The minimum Gasteiger partial charge on any atom is -0.481 e. The number of aliphatic carboxylic acids is 1. The summed E-state index contributed by atoms with van der Waals surface area (Å²) in [5.74, 6) is 0.629. The Morgan fingerprint density at radius 2 is 1.80 bits per heavy atom. The lowest BCUT2D eigenvalue weighted by atomic mass is 9.66. The van der Waals surface area contributed by atoms with Crippen LogP contribution in [0.4, 0.5) is 0 Å². The van der Waals surface area contributed by atoms with Crippen LogP contribution in [0.25, 0.3) is 0 Å². The topological polar surface area (TPSA) is 37.3 Å². The standard InChI is InChI=1S/C13H24O2/c1-4-10-6-8-11(9-7-10)13(3,5-2)12(14)15/h10-11H,4-9H2,1-3H3,(H,14,15). The number of carboxylic acids is 1. The zero-order valence-electron chi connectivity index (χ0n) is 10.3. The van der Waals surface area contributed by atoms with E-state index in [0.29, 0.717) is 5.92 Å². The molecule has 2 heteroatoms. The van der Waals surface area contributed by atoms with Crippen molar-refractivity contribution < 1.29 is 9.90 Å². The van der Waals surface area contributed by atoms with Gasteiger partial charge < -0.3 is 5.11 Å². The third kappa shape index (κ3) is 2.53. The maximum atomic E-state index is 11.3. The molecule has 0 aliphatic heterocycles. The first-order chi connectivity index (χ1) is 7.04. The Morgan fingerprint density at radius 3 is 2.13 bits per heavy atom. The van der Waals surface area contributed by atoms with E-state index in [2.05, 4.69) is 6.92 Å². The Bertz CT molecular complexity index is 217. The van der Waals surface area contributed by atoms with Crippen LogP contribution < -0.4 is 0 Å². The summed E-state index contributed by atoms with van der Waals surface area (Å²) in [6, 6.07) is 0. The average molecular weight is 212 g/mol. The molecule has 0 bridgehead atoms. The molecular weight excluding hydrogens is 188 g/mol. The summed E-state index contributed by atoms with van der Waals surface area (Å²) in [4.78, 5) is 11.3. The van der Waals surface area contributed by atoms with E-state index in [4.69, 9.17) is 0 Å². The first-order valence-electron chi connectivity index (χ1n) is 6.28. The third-order valence-corrected chi connectivity index (χ3v) is 4.55. The monoisotopic (exact) mass is 212 g/mol. The van der Waals surface area contributed by atoms with Crippen LogP contribution in [-0.2, 0) is 4.79 Å². The second kappa shape index (κ2) is 5.00. The molecule has 0 radical (unpaired) electrons. The highest BCUT2D eigenvalue weighted by molar-refractivity contribution is 5.74. The van der Waals surface area contributed by atoms with E-state index < -0.39 is 11.4 Å². The summed E-state index contributed by atoms with van der Waals surface area (Å²) in [5, 5.41) is 9.31. The molecule has 1 atom stereocenters. The molecule has 0 aromatic heterocycles. The first kappa shape index (κ1) is 12.5. The van der Waals surface area contributed by atoms with Gasteiger partial charge in [-0.3, -0.25) is 4.79 Å². The van der Waals surface area contributed by atoms with Gasteiger partial charge in [0.2, 0.25) is 0 Å². The minimum absolute atomic E-state index is 0.391. The van der Waals surface area contributed by atoms with Gasteiger partial charge in [0.25, 0.3) is 0 Å². The molecule has 15 heavy (non-hydrogen) atoms. The molecule has 1 fully saturated rings. The van der Waals surface area contributed by atoms with E-state index in [1.807, 2.05) is 13.8 Å². The van der Waals surface area contributed by atoms with Crippen LogP contribution in [-0.4, -0.2) is 11.1 Å². The lowest BCUT2D eigenvalue weighted by Gasteiger charge is -2.38. The van der Waals surface area contributed by atoms with Crippen molar-refractivity contribution in [3.05, 3.63) is 0 Å². The molecule has 0 saturated heterocycles. The lowest BCUT2D eigenvalue weighted by molar-refractivity contribution is -0.152. The zero-order valence-corrected chi connectivity index (χ0v) is 10.3. The highest BCUT2D eigenvalue weighted by Gasteiger charge is 2.40. The van der Waals surface area contributed by atoms with Gasteiger partial charge in [0, 0.05) is 0 Å². The van der Waals surface area contributed by atoms with Gasteiger partial charge in [-0.1, -0.05) is 33.1 Å². The van der Waals surface area contributed by atoms with Gasteiger partial charge in [0.05, 0.1) is 5.41 Å². The zero-order chi connectivity index (χ0) is 11.5.